The van der Waals surface area contributed by atoms with Crippen LogP contribution in [-0.4, -0.2) is 54.2 Å². The largest absolute Gasteiger partial charge is 0.462 e. The molecular formula is C20H33N3O6. The van der Waals surface area contributed by atoms with E-state index in [0.29, 0.717) is 19.4 Å². The molecule has 164 valence electrons. The number of hydrogen-bond acceptors (Lipinski definition) is 6. The second-order valence-corrected chi connectivity index (χ2v) is 9.54. The predicted molar refractivity (Wildman–Crippen MR) is 105 cm³/mol. The molecule has 0 saturated carbocycles. The van der Waals surface area contributed by atoms with Crippen LogP contribution < -0.4 is 16.0 Å². The first-order valence-electron chi connectivity index (χ1n) is 10.0. The fourth-order valence-corrected chi connectivity index (χ4v) is 3.72. The number of imide groups is 1. The first-order chi connectivity index (χ1) is 13.3. The van der Waals surface area contributed by atoms with Gasteiger partial charge in [-0.05, 0) is 47.5 Å². The molecule has 2 rings (SSSR count). The Morgan fingerprint density at radius 2 is 1.93 bits per heavy atom. The Balaban J connectivity index is 1.95. The van der Waals surface area contributed by atoms with Gasteiger partial charge in [0.05, 0.1) is 12.0 Å². The fraction of sp³-hybridized carbons (Fsp3) is 0.800. The lowest BCUT2D eigenvalue weighted by Gasteiger charge is -2.35. The molecule has 2 heterocycles. The average molecular weight is 411 g/mol. The van der Waals surface area contributed by atoms with Gasteiger partial charge in [0.15, 0.2) is 0 Å². The van der Waals surface area contributed by atoms with Gasteiger partial charge in [-0.3, -0.25) is 19.7 Å². The number of amides is 4. The maximum atomic E-state index is 12.9. The van der Waals surface area contributed by atoms with Gasteiger partial charge in [0.25, 0.3) is 5.91 Å². The Bertz CT molecular complexity index is 686. The van der Waals surface area contributed by atoms with E-state index in [1.165, 1.54) is 0 Å². The summed E-state index contributed by atoms with van der Waals surface area (Å²) < 4.78 is 10.3. The number of rotatable bonds is 10. The average Bonchev–Trinajstić information content (AvgIpc) is 3.36. The van der Waals surface area contributed by atoms with Crippen LogP contribution in [0.3, 0.4) is 0 Å². The number of ether oxygens (including phenoxy) is 2. The molecular weight excluding hydrogens is 378 g/mol. The highest BCUT2D eigenvalue weighted by Crippen LogP contribution is 2.31. The first kappa shape index (κ1) is 23.1. The molecule has 3 unspecified atom stereocenters. The monoisotopic (exact) mass is 411 g/mol. The van der Waals surface area contributed by atoms with Gasteiger partial charge in [-0.15, -0.1) is 0 Å². The summed E-state index contributed by atoms with van der Waals surface area (Å²) >= 11 is 0. The minimum absolute atomic E-state index is 0.00420. The van der Waals surface area contributed by atoms with E-state index in [1.54, 1.807) is 34.6 Å². The number of esters is 1. The quantitative estimate of drug-likeness (QED) is 0.282. The normalized spacial score (nSPS) is 25.1. The molecule has 0 spiro atoms. The second kappa shape index (κ2) is 8.30. The summed E-state index contributed by atoms with van der Waals surface area (Å²) in [6, 6.07) is -0.539. The van der Waals surface area contributed by atoms with Gasteiger partial charge in [-0.1, -0.05) is 6.92 Å². The van der Waals surface area contributed by atoms with E-state index in [2.05, 4.69) is 16.0 Å². The fourth-order valence-electron chi connectivity index (χ4n) is 3.72. The van der Waals surface area contributed by atoms with E-state index in [-0.39, 0.29) is 31.0 Å². The summed E-state index contributed by atoms with van der Waals surface area (Å²) in [6.45, 7) is 11.5. The minimum atomic E-state index is -1.09. The lowest BCUT2D eigenvalue weighted by molar-refractivity contribution is -0.156. The van der Waals surface area contributed by atoms with E-state index >= 15 is 0 Å². The summed E-state index contributed by atoms with van der Waals surface area (Å²) in [6.07, 6.45) is 1.12. The van der Waals surface area contributed by atoms with Crippen molar-refractivity contribution in [3.05, 3.63) is 0 Å². The Hall–Kier alpha value is -2.16. The summed E-state index contributed by atoms with van der Waals surface area (Å²) in [5.74, 6) is -1.36. The van der Waals surface area contributed by atoms with Gasteiger partial charge in [0, 0.05) is 17.9 Å². The van der Waals surface area contributed by atoms with Crippen molar-refractivity contribution in [1.29, 1.82) is 0 Å². The third-order valence-corrected chi connectivity index (χ3v) is 5.35. The molecule has 0 aliphatic carbocycles. The zero-order valence-corrected chi connectivity index (χ0v) is 18.1. The number of hydrogen-bond donors (Lipinski definition) is 3. The molecule has 0 aromatic carbocycles. The Labute approximate surface area is 171 Å². The molecule has 0 aromatic heterocycles. The Morgan fingerprint density at radius 1 is 1.31 bits per heavy atom. The van der Waals surface area contributed by atoms with Crippen LogP contribution in [0.5, 0.6) is 0 Å². The molecule has 2 saturated heterocycles. The van der Waals surface area contributed by atoms with Gasteiger partial charge in [0.1, 0.15) is 18.2 Å². The van der Waals surface area contributed by atoms with Crippen LogP contribution in [-0.2, 0) is 23.9 Å². The molecule has 2 fully saturated rings. The van der Waals surface area contributed by atoms with Crippen LogP contribution in [0, 0.1) is 11.3 Å². The van der Waals surface area contributed by atoms with Gasteiger partial charge < -0.3 is 20.1 Å². The molecule has 29 heavy (non-hydrogen) atoms. The van der Waals surface area contributed by atoms with Gasteiger partial charge in [-0.25, -0.2) is 4.79 Å². The minimum Gasteiger partial charge on any atom is -0.462 e. The third kappa shape index (κ3) is 6.16. The van der Waals surface area contributed by atoms with Crippen molar-refractivity contribution in [2.75, 3.05) is 13.2 Å². The van der Waals surface area contributed by atoms with Crippen LogP contribution in [0.25, 0.3) is 0 Å². The van der Waals surface area contributed by atoms with E-state index in [9.17, 15) is 19.2 Å². The maximum Gasteiger partial charge on any atom is 0.322 e. The van der Waals surface area contributed by atoms with Crippen LogP contribution in [0.2, 0.25) is 0 Å². The van der Waals surface area contributed by atoms with Gasteiger partial charge in [-0.2, -0.15) is 0 Å². The van der Waals surface area contributed by atoms with Crippen molar-refractivity contribution in [2.45, 2.75) is 78.0 Å². The molecule has 0 bridgehead atoms. The highest BCUT2D eigenvalue weighted by atomic mass is 16.6. The topological polar surface area (TPSA) is 126 Å². The number of nitrogens with one attached hydrogen (secondary N) is 3. The Kier molecular flexibility index (Phi) is 6.61. The number of carbonyl (C=O) groups is 4. The van der Waals surface area contributed by atoms with Crippen molar-refractivity contribution in [2.24, 2.45) is 11.3 Å². The lowest BCUT2D eigenvalue weighted by atomic mass is 9.80. The molecule has 2 aliphatic heterocycles. The van der Waals surface area contributed by atoms with Crippen molar-refractivity contribution in [3.8, 4) is 0 Å². The van der Waals surface area contributed by atoms with Gasteiger partial charge >= 0.3 is 12.0 Å². The van der Waals surface area contributed by atoms with Crippen LogP contribution in [0.15, 0.2) is 0 Å². The van der Waals surface area contributed by atoms with Crippen molar-refractivity contribution in [1.82, 2.24) is 16.0 Å². The molecule has 2 aliphatic rings. The molecule has 3 N–H and O–H groups in total. The number of carbonyl (C=O) groups excluding carboxylic acids is 4. The molecule has 3 atom stereocenters. The maximum absolute atomic E-state index is 12.9. The van der Waals surface area contributed by atoms with Gasteiger partial charge in [0.2, 0.25) is 5.91 Å². The highest BCUT2D eigenvalue weighted by molar-refractivity contribution is 6.06. The molecule has 9 nitrogen and oxygen atoms in total. The lowest BCUT2D eigenvalue weighted by Crippen LogP contribution is -2.55. The number of epoxide rings is 1. The summed E-state index contributed by atoms with van der Waals surface area (Å²) in [4.78, 5) is 48.9. The van der Waals surface area contributed by atoms with E-state index in [4.69, 9.17) is 9.47 Å². The summed E-state index contributed by atoms with van der Waals surface area (Å²) in [5, 5.41) is 7.81. The van der Waals surface area contributed by atoms with Crippen LogP contribution in [0.4, 0.5) is 4.79 Å². The van der Waals surface area contributed by atoms with E-state index in [1.807, 2.05) is 6.92 Å². The summed E-state index contributed by atoms with van der Waals surface area (Å²) in [7, 11) is 0. The van der Waals surface area contributed by atoms with E-state index in [0.717, 1.165) is 0 Å². The Morgan fingerprint density at radius 3 is 2.41 bits per heavy atom. The van der Waals surface area contributed by atoms with Crippen molar-refractivity contribution >= 4 is 23.8 Å². The summed E-state index contributed by atoms with van der Waals surface area (Å²) in [5.41, 5.74) is -2.66. The van der Waals surface area contributed by atoms with Crippen LogP contribution >= 0.6 is 0 Å². The zero-order chi connectivity index (χ0) is 22.0. The number of urea groups is 1. The third-order valence-electron chi connectivity index (χ3n) is 5.35. The molecule has 9 heteroatoms. The zero-order valence-electron chi connectivity index (χ0n) is 18.1. The van der Waals surface area contributed by atoms with Crippen LogP contribution in [0.1, 0.15) is 60.8 Å². The molecule has 4 amide bonds. The van der Waals surface area contributed by atoms with Crippen molar-refractivity contribution < 1.29 is 28.7 Å². The smallest absolute Gasteiger partial charge is 0.322 e. The SMILES string of the molecule is CCC(CC(C)(C)C(=O)OCC1CO1)C(=O)NC(C)(C)CC1(C)NC(=O)NC1=O. The first-order valence-corrected chi connectivity index (χ1v) is 10.0. The molecule has 0 aromatic rings. The second-order valence-electron chi connectivity index (χ2n) is 9.54. The molecule has 0 radical (unpaired) electrons. The van der Waals surface area contributed by atoms with Crippen molar-refractivity contribution in [3.63, 3.8) is 0 Å². The predicted octanol–water partition coefficient (Wildman–Crippen LogP) is 1.25. The standard InChI is InChI=1S/C20H33N3O6/c1-7-12(8-18(2,3)16(26)29-10-13-9-28-13)14(24)22-19(4,5)11-20(6)15(25)21-17(27)23-20/h12-13H,7-11H2,1-6H3,(H,22,24)(H2,21,23,25,27). The van der Waals surface area contributed by atoms with E-state index < -0.39 is 34.3 Å². The highest BCUT2D eigenvalue weighted by Gasteiger charge is 2.46.